The number of para-hydroxylation sites is 1. The third kappa shape index (κ3) is 3.28. The molecule has 18 heavy (non-hydrogen) atoms. The van der Waals surface area contributed by atoms with Gasteiger partial charge in [0, 0.05) is 26.2 Å². The van der Waals surface area contributed by atoms with Crippen LogP contribution in [0.3, 0.4) is 0 Å². The Hall–Kier alpha value is -0.970. The summed E-state index contributed by atoms with van der Waals surface area (Å²) in [6.45, 7) is 3.01. The molecule has 6 heteroatoms. The summed E-state index contributed by atoms with van der Waals surface area (Å²) in [5.74, 6) is 0.316. The summed E-state index contributed by atoms with van der Waals surface area (Å²) in [5.41, 5.74) is 0. The number of piperazine rings is 1. The maximum absolute atomic E-state index is 11.9. The van der Waals surface area contributed by atoms with Crippen molar-refractivity contribution in [3.8, 4) is 5.75 Å². The molecule has 0 saturated carbocycles. The fourth-order valence-electron chi connectivity index (χ4n) is 1.76. The van der Waals surface area contributed by atoms with Gasteiger partial charge in [0.05, 0.1) is 10.0 Å². The van der Waals surface area contributed by atoms with Crippen molar-refractivity contribution in [2.75, 3.05) is 32.8 Å². The van der Waals surface area contributed by atoms with Crippen LogP contribution in [0.25, 0.3) is 0 Å². The lowest BCUT2D eigenvalue weighted by Gasteiger charge is -2.27. The second-order valence-electron chi connectivity index (χ2n) is 3.97. The summed E-state index contributed by atoms with van der Waals surface area (Å²) in [6.07, 6.45) is 0. The van der Waals surface area contributed by atoms with Gasteiger partial charge < -0.3 is 15.0 Å². The highest BCUT2D eigenvalue weighted by molar-refractivity contribution is 6.37. The number of amides is 1. The van der Waals surface area contributed by atoms with Gasteiger partial charge in [0.25, 0.3) is 5.91 Å². The molecular formula is C12H14Cl2N2O2. The molecule has 0 aromatic heterocycles. The Kier molecular flexibility index (Phi) is 4.69. The van der Waals surface area contributed by atoms with Gasteiger partial charge in [0.1, 0.15) is 0 Å². The molecule has 0 spiro atoms. The van der Waals surface area contributed by atoms with Gasteiger partial charge in [-0.15, -0.1) is 0 Å². The summed E-state index contributed by atoms with van der Waals surface area (Å²) >= 11 is 11.9. The van der Waals surface area contributed by atoms with E-state index in [1.54, 1.807) is 23.1 Å². The number of nitrogens with zero attached hydrogens (tertiary/aromatic N) is 1. The van der Waals surface area contributed by atoms with E-state index in [1.165, 1.54) is 0 Å². The lowest BCUT2D eigenvalue weighted by molar-refractivity contribution is -0.133. The molecule has 0 bridgehead atoms. The van der Waals surface area contributed by atoms with Gasteiger partial charge in [-0.3, -0.25) is 4.79 Å². The van der Waals surface area contributed by atoms with Gasteiger partial charge in [-0.25, -0.2) is 0 Å². The van der Waals surface area contributed by atoms with E-state index in [0.717, 1.165) is 13.1 Å². The van der Waals surface area contributed by atoms with Gasteiger partial charge in [-0.1, -0.05) is 29.3 Å². The van der Waals surface area contributed by atoms with E-state index >= 15 is 0 Å². The highest BCUT2D eigenvalue weighted by Gasteiger charge is 2.17. The molecule has 2 rings (SSSR count). The van der Waals surface area contributed by atoms with Crippen molar-refractivity contribution < 1.29 is 9.53 Å². The van der Waals surface area contributed by atoms with E-state index in [0.29, 0.717) is 28.9 Å². The topological polar surface area (TPSA) is 41.6 Å². The van der Waals surface area contributed by atoms with Crippen molar-refractivity contribution in [2.24, 2.45) is 0 Å². The van der Waals surface area contributed by atoms with E-state index in [9.17, 15) is 4.79 Å². The quantitative estimate of drug-likeness (QED) is 0.922. The standard InChI is InChI=1S/C12H14Cl2N2O2/c13-9-2-1-3-10(14)12(9)18-8-11(17)16-6-4-15-5-7-16/h1-3,15H,4-8H2. The van der Waals surface area contributed by atoms with Crippen molar-refractivity contribution in [2.45, 2.75) is 0 Å². The maximum Gasteiger partial charge on any atom is 0.260 e. The summed E-state index contributed by atoms with van der Waals surface area (Å²) in [7, 11) is 0. The zero-order valence-electron chi connectivity index (χ0n) is 9.79. The first-order chi connectivity index (χ1) is 8.68. The number of rotatable bonds is 3. The monoisotopic (exact) mass is 288 g/mol. The van der Waals surface area contributed by atoms with Gasteiger partial charge in [-0.2, -0.15) is 0 Å². The predicted octanol–water partition coefficient (Wildman–Crippen LogP) is 1.80. The maximum atomic E-state index is 11.9. The number of carbonyl (C=O) groups excluding carboxylic acids is 1. The second-order valence-corrected chi connectivity index (χ2v) is 4.78. The fourth-order valence-corrected chi connectivity index (χ4v) is 2.27. The molecule has 1 aromatic carbocycles. The highest BCUT2D eigenvalue weighted by atomic mass is 35.5. The fraction of sp³-hybridized carbons (Fsp3) is 0.417. The van der Waals surface area contributed by atoms with Crippen LogP contribution in [0.2, 0.25) is 10.0 Å². The summed E-state index contributed by atoms with van der Waals surface area (Å²) in [6, 6.07) is 5.09. The molecule has 98 valence electrons. The molecule has 0 aliphatic carbocycles. The number of benzene rings is 1. The molecule has 1 N–H and O–H groups in total. The number of hydrogen-bond acceptors (Lipinski definition) is 3. The zero-order chi connectivity index (χ0) is 13.0. The van der Waals surface area contributed by atoms with Gasteiger partial charge in [-0.05, 0) is 12.1 Å². The van der Waals surface area contributed by atoms with E-state index in [1.807, 2.05) is 0 Å². The molecule has 4 nitrogen and oxygen atoms in total. The Morgan fingerprint density at radius 1 is 1.28 bits per heavy atom. The number of nitrogens with one attached hydrogen (secondary N) is 1. The Morgan fingerprint density at radius 3 is 2.50 bits per heavy atom. The normalized spacial score (nSPS) is 15.6. The van der Waals surface area contributed by atoms with Crippen molar-refractivity contribution >= 4 is 29.1 Å². The molecule has 1 heterocycles. The predicted molar refractivity (Wildman–Crippen MR) is 71.4 cm³/mol. The van der Waals surface area contributed by atoms with Crippen LogP contribution in [0.5, 0.6) is 5.75 Å². The second kappa shape index (κ2) is 6.27. The molecule has 1 fully saturated rings. The first kappa shape index (κ1) is 13.5. The van der Waals surface area contributed by atoms with Crippen LogP contribution in [0.15, 0.2) is 18.2 Å². The molecular weight excluding hydrogens is 275 g/mol. The van der Waals surface area contributed by atoms with Crippen LogP contribution in [0, 0.1) is 0 Å². The van der Waals surface area contributed by atoms with Crippen molar-refractivity contribution in [1.82, 2.24) is 10.2 Å². The van der Waals surface area contributed by atoms with E-state index < -0.39 is 0 Å². The molecule has 1 amide bonds. The summed E-state index contributed by atoms with van der Waals surface area (Å²) in [5, 5.41) is 4.01. The van der Waals surface area contributed by atoms with Crippen molar-refractivity contribution in [3.05, 3.63) is 28.2 Å². The van der Waals surface area contributed by atoms with Crippen LogP contribution in [0.4, 0.5) is 0 Å². The SMILES string of the molecule is O=C(COc1c(Cl)cccc1Cl)N1CCNCC1. The third-order valence-corrected chi connectivity index (χ3v) is 3.32. The Labute approximate surface area is 116 Å². The third-order valence-electron chi connectivity index (χ3n) is 2.73. The first-order valence-corrected chi connectivity index (χ1v) is 6.49. The molecule has 0 unspecified atom stereocenters. The van der Waals surface area contributed by atoms with Crippen LogP contribution < -0.4 is 10.1 Å². The minimum atomic E-state index is -0.0486. The van der Waals surface area contributed by atoms with E-state index in [2.05, 4.69) is 5.32 Å². The largest absolute Gasteiger partial charge is 0.481 e. The average Bonchev–Trinajstić information content (AvgIpc) is 2.39. The molecule has 1 saturated heterocycles. The van der Waals surface area contributed by atoms with E-state index in [4.69, 9.17) is 27.9 Å². The smallest absolute Gasteiger partial charge is 0.260 e. The highest BCUT2D eigenvalue weighted by Crippen LogP contribution is 2.32. The Bertz CT molecular complexity index is 414. The van der Waals surface area contributed by atoms with Crippen molar-refractivity contribution in [1.29, 1.82) is 0 Å². The van der Waals surface area contributed by atoms with E-state index in [-0.39, 0.29) is 12.5 Å². The lowest BCUT2D eigenvalue weighted by Crippen LogP contribution is -2.47. The first-order valence-electron chi connectivity index (χ1n) is 5.74. The minimum absolute atomic E-state index is 0.0382. The van der Waals surface area contributed by atoms with Crippen LogP contribution in [0.1, 0.15) is 0 Å². The number of halogens is 2. The Balaban J connectivity index is 1.92. The molecule has 1 aliphatic rings. The summed E-state index contributed by atoms with van der Waals surface area (Å²) in [4.78, 5) is 13.6. The Morgan fingerprint density at radius 2 is 1.89 bits per heavy atom. The number of ether oxygens (including phenoxy) is 1. The molecule has 0 radical (unpaired) electrons. The lowest BCUT2D eigenvalue weighted by atomic mass is 10.3. The zero-order valence-corrected chi connectivity index (χ0v) is 11.3. The van der Waals surface area contributed by atoms with Crippen LogP contribution in [-0.2, 0) is 4.79 Å². The van der Waals surface area contributed by atoms with Gasteiger partial charge in [0.15, 0.2) is 12.4 Å². The van der Waals surface area contributed by atoms with Crippen LogP contribution >= 0.6 is 23.2 Å². The average molecular weight is 289 g/mol. The molecule has 0 atom stereocenters. The van der Waals surface area contributed by atoms with Crippen LogP contribution in [-0.4, -0.2) is 43.6 Å². The summed E-state index contributed by atoms with van der Waals surface area (Å²) < 4.78 is 5.41. The minimum Gasteiger partial charge on any atom is -0.481 e. The molecule has 1 aliphatic heterocycles. The van der Waals surface area contributed by atoms with Crippen molar-refractivity contribution in [3.63, 3.8) is 0 Å². The number of hydrogen-bond donors (Lipinski definition) is 1. The number of carbonyl (C=O) groups is 1. The van der Waals surface area contributed by atoms with Gasteiger partial charge >= 0.3 is 0 Å². The molecule has 1 aromatic rings. The van der Waals surface area contributed by atoms with Gasteiger partial charge in [0.2, 0.25) is 0 Å².